The average molecular weight is 444 g/mol. The van der Waals surface area contributed by atoms with E-state index in [1.54, 1.807) is 18.5 Å². The minimum atomic E-state index is -3.72. The molecule has 1 aromatic rings. The van der Waals surface area contributed by atoms with Gasteiger partial charge in [-0.3, -0.25) is 14.9 Å². The highest BCUT2D eigenvalue weighted by atomic mass is 32.2. The summed E-state index contributed by atoms with van der Waals surface area (Å²) in [6, 6.07) is -0.632. The van der Waals surface area contributed by atoms with E-state index in [9.17, 15) is 22.8 Å². The zero-order valence-corrected chi connectivity index (χ0v) is 18.3. The Hall–Kier alpha value is -2.47. The van der Waals surface area contributed by atoms with E-state index < -0.39 is 40.5 Å². The number of unbranched alkanes of at least 4 members (excludes halogenated alkanes) is 1. The fraction of sp³-hybridized carbons (Fsp3) is 0.667. The van der Waals surface area contributed by atoms with Gasteiger partial charge in [0.15, 0.2) is 11.6 Å². The Morgan fingerprint density at radius 2 is 1.93 bits per heavy atom. The van der Waals surface area contributed by atoms with Crippen molar-refractivity contribution in [2.75, 3.05) is 26.2 Å². The van der Waals surface area contributed by atoms with Gasteiger partial charge in [0, 0.05) is 32.9 Å². The average Bonchev–Trinajstić information content (AvgIpc) is 3.05. The van der Waals surface area contributed by atoms with Crippen LogP contribution in [-0.2, 0) is 31.4 Å². The fourth-order valence-corrected chi connectivity index (χ4v) is 4.45. The van der Waals surface area contributed by atoms with Gasteiger partial charge < -0.3 is 14.6 Å². The first-order valence-corrected chi connectivity index (χ1v) is 11.3. The monoisotopic (exact) mass is 443 g/mol. The molecule has 0 radical (unpaired) electrons. The minimum Gasteiger partial charge on any atom is -0.455 e. The van der Waals surface area contributed by atoms with Gasteiger partial charge in [-0.15, -0.1) is 0 Å². The van der Waals surface area contributed by atoms with Crippen molar-refractivity contribution in [3.63, 3.8) is 0 Å². The van der Waals surface area contributed by atoms with E-state index in [2.05, 4.69) is 15.6 Å². The number of sulfonamides is 1. The SMILES string of the molecule is CCCCNC(=O)NC(=O)COC(=O)C1CCN(S(=O)(=O)c2cn(C)c(C)n2)CC1. The summed E-state index contributed by atoms with van der Waals surface area (Å²) in [4.78, 5) is 39.4. The summed E-state index contributed by atoms with van der Waals surface area (Å²) in [5.41, 5.74) is 0. The molecule has 30 heavy (non-hydrogen) atoms. The summed E-state index contributed by atoms with van der Waals surface area (Å²) in [7, 11) is -2.00. The molecule has 1 saturated heterocycles. The molecule has 1 aliphatic rings. The molecule has 2 rings (SSSR count). The van der Waals surface area contributed by atoms with Crippen LogP contribution in [-0.4, -0.2) is 66.4 Å². The standard InChI is InChI=1S/C18H29N5O6S/c1-4-5-8-19-18(26)21-15(24)12-29-17(25)14-6-9-23(10-7-14)30(27,28)16-11-22(3)13(2)20-16/h11,14H,4-10,12H2,1-3H3,(H2,19,21,24,26). The number of ether oxygens (including phenoxy) is 1. The number of piperidine rings is 1. The molecular weight excluding hydrogens is 414 g/mol. The highest BCUT2D eigenvalue weighted by Crippen LogP contribution is 2.24. The normalized spacial score (nSPS) is 15.6. The number of imidazole rings is 1. The van der Waals surface area contributed by atoms with Crippen molar-refractivity contribution in [1.29, 1.82) is 0 Å². The van der Waals surface area contributed by atoms with Crippen molar-refractivity contribution in [2.45, 2.75) is 44.6 Å². The second kappa shape index (κ2) is 10.5. The molecule has 2 N–H and O–H groups in total. The first kappa shape index (κ1) is 23.8. The molecule has 2 heterocycles. The maximum absolute atomic E-state index is 12.7. The van der Waals surface area contributed by atoms with Crippen LogP contribution in [0.15, 0.2) is 11.2 Å². The van der Waals surface area contributed by atoms with Crippen molar-refractivity contribution < 1.29 is 27.5 Å². The molecule has 0 atom stereocenters. The highest BCUT2D eigenvalue weighted by molar-refractivity contribution is 7.89. The zero-order valence-electron chi connectivity index (χ0n) is 17.5. The van der Waals surface area contributed by atoms with E-state index in [1.165, 1.54) is 10.5 Å². The molecule has 0 spiro atoms. The van der Waals surface area contributed by atoms with Gasteiger partial charge in [-0.25, -0.2) is 18.2 Å². The van der Waals surface area contributed by atoms with Gasteiger partial charge in [0.1, 0.15) is 5.82 Å². The van der Waals surface area contributed by atoms with Crippen LogP contribution in [0.5, 0.6) is 0 Å². The van der Waals surface area contributed by atoms with Crippen LogP contribution in [0.4, 0.5) is 4.79 Å². The maximum atomic E-state index is 12.7. The molecule has 168 valence electrons. The Morgan fingerprint density at radius 3 is 2.50 bits per heavy atom. The Balaban J connectivity index is 1.77. The molecule has 0 aromatic carbocycles. The van der Waals surface area contributed by atoms with Gasteiger partial charge in [-0.2, -0.15) is 4.31 Å². The van der Waals surface area contributed by atoms with Crippen LogP contribution in [0.2, 0.25) is 0 Å². The number of hydrogen-bond donors (Lipinski definition) is 2. The number of aromatic nitrogens is 2. The van der Waals surface area contributed by atoms with Crippen LogP contribution in [0.1, 0.15) is 38.4 Å². The molecule has 11 nitrogen and oxygen atoms in total. The molecule has 1 aromatic heterocycles. The highest BCUT2D eigenvalue weighted by Gasteiger charge is 2.34. The van der Waals surface area contributed by atoms with Crippen molar-refractivity contribution in [1.82, 2.24) is 24.5 Å². The Kier molecular flexibility index (Phi) is 8.35. The third kappa shape index (κ3) is 6.26. The molecule has 12 heteroatoms. The van der Waals surface area contributed by atoms with Crippen LogP contribution in [0.25, 0.3) is 0 Å². The quantitative estimate of drug-likeness (QED) is 0.435. The summed E-state index contributed by atoms with van der Waals surface area (Å²) < 4.78 is 33.3. The molecule has 1 fully saturated rings. The molecule has 0 saturated carbocycles. The lowest BCUT2D eigenvalue weighted by atomic mass is 9.98. The van der Waals surface area contributed by atoms with E-state index in [0.29, 0.717) is 12.4 Å². The lowest BCUT2D eigenvalue weighted by Gasteiger charge is -2.29. The maximum Gasteiger partial charge on any atom is 0.321 e. The van der Waals surface area contributed by atoms with Crippen molar-refractivity contribution in [2.24, 2.45) is 13.0 Å². The predicted octanol–water partition coefficient (Wildman–Crippen LogP) is 0.298. The number of rotatable bonds is 8. The number of amides is 3. The molecule has 3 amide bonds. The Bertz CT molecular complexity index is 854. The van der Waals surface area contributed by atoms with E-state index in [-0.39, 0.29) is 31.0 Å². The van der Waals surface area contributed by atoms with Gasteiger partial charge in [0.25, 0.3) is 15.9 Å². The summed E-state index contributed by atoms with van der Waals surface area (Å²) in [6.45, 7) is 3.89. The van der Waals surface area contributed by atoms with E-state index in [0.717, 1.165) is 12.8 Å². The van der Waals surface area contributed by atoms with Gasteiger partial charge in [0.2, 0.25) is 0 Å². The van der Waals surface area contributed by atoms with E-state index in [1.807, 2.05) is 6.92 Å². The van der Waals surface area contributed by atoms with Gasteiger partial charge in [-0.05, 0) is 26.2 Å². The molecule has 0 bridgehead atoms. The van der Waals surface area contributed by atoms with Gasteiger partial charge in [0.05, 0.1) is 5.92 Å². The molecule has 0 aliphatic carbocycles. The summed E-state index contributed by atoms with van der Waals surface area (Å²) in [5.74, 6) is -1.22. The summed E-state index contributed by atoms with van der Waals surface area (Å²) in [5, 5.41) is 4.59. The number of carbonyl (C=O) groups excluding carboxylic acids is 3. The largest absolute Gasteiger partial charge is 0.455 e. The number of carbonyl (C=O) groups is 3. The Labute approximate surface area is 176 Å². The van der Waals surface area contributed by atoms with Crippen LogP contribution >= 0.6 is 0 Å². The second-order valence-corrected chi connectivity index (χ2v) is 9.07. The van der Waals surface area contributed by atoms with Crippen LogP contribution in [0, 0.1) is 12.8 Å². The number of esters is 1. The number of urea groups is 1. The third-order valence-electron chi connectivity index (χ3n) is 4.89. The molecule has 1 aliphatic heterocycles. The lowest BCUT2D eigenvalue weighted by Crippen LogP contribution is -2.43. The zero-order chi connectivity index (χ0) is 22.3. The van der Waals surface area contributed by atoms with Crippen LogP contribution in [0.3, 0.4) is 0 Å². The van der Waals surface area contributed by atoms with E-state index in [4.69, 9.17) is 4.74 Å². The Morgan fingerprint density at radius 1 is 1.27 bits per heavy atom. The minimum absolute atomic E-state index is 0.0163. The van der Waals surface area contributed by atoms with Crippen molar-refractivity contribution in [3.05, 3.63) is 12.0 Å². The first-order chi connectivity index (χ1) is 14.1. The predicted molar refractivity (Wildman–Crippen MR) is 107 cm³/mol. The van der Waals surface area contributed by atoms with Crippen molar-refractivity contribution >= 4 is 27.9 Å². The second-order valence-electron chi connectivity index (χ2n) is 7.18. The molecule has 0 unspecified atom stereocenters. The third-order valence-corrected chi connectivity index (χ3v) is 6.66. The van der Waals surface area contributed by atoms with Crippen molar-refractivity contribution in [3.8, 4) is 0 Å². The number of aryl methyl sites for hydroxylation is 2. The number of hydrogen-bond acceptors (Lipinski definition) is 7. The molecular formula is C18H29N5O6S. The van der Waals surface area contributed by atoms with Crippen LogP contribution < -0.4 is 10.6 Å². The lowest BCUT2D eigenvalue weighted by molar-refractivity contribution is -0.153. The topological polar surface area (TPSA) is 140 Å². The first-order valence-electron chi connectivity index (χ1n) is 9.89. The van der Waals surface area contributed by atoms with Gasteiger partial charge >= 0.3 is 12.0 Å². The van der Waals surface area contributed by atoms with E-state index >= 15 is 0 Å². The fourth-order valence-electron chi connectivity index (χ4n) is 2.95. The number of nitrogens with one attached hydrogen (secondary N) is 2. The van der Waals surface area contributed by atoms with Gasteiger partial charge in [-0.1, -0.05) is 13.3 Å². The number of nitrogens with zero attached hydrogens (tertiary/aromatic N) is 3. The summed E-state index contributed by atoms with van der Waals surface area (Å²) >= 11 is 0. The number of imide groups is 1. The smallest absolute Gasteiger partial charge is 0.321 e. The summed E-state index contributed by atoms with van der Waals surface area (Å²) in [6.07, 6.45) is 3.73.